The number of anilines is 2. The van der Waals surface area contributed by atoms with Crippen molar-refractivity contribution in [1.29, 1.82) is 0 Å². The van der Waals surface area contributed by atoms with Crippen LogP contribution in [0.2, 0.25) is 0 Å². The molecule has 4 nitrogen and oxygen atoms in total. The lowest BCUT2D eigenvalue weighted by Gasteiger charge is -2.35. The smallest absolute Gasteiger partial charge is 0.239 e. The van der Waals surface area contributed by atoms with Crippen molar-refractivity contribution in [3.05, 3.63) is 24.3 Å². The van der Waals surface area contributed by atoms with Crippen molar-refractivity contribution in [1.82, 2.24) is 0 Å². The third-order valence-corrected chi connectivity index (χ3v) is 2.76. The van der Waals surface area contributed by atoms with Crippen LogP contribution in [0.15, 0.2) is 24.3 Å². The van der Waals surface area contributed by atoms with Crippen LogP contribution in [0.3, 0.4) is 0 Å². The molecule has 0 aliphatic carbocycles. The maximum Gasteiger partial charge on any atom is 0.239 e. The molecule has 5 heteroatoms. The predicted molar refractivity (Wildman–Crippen MR) is 68.2 cm³/mol. The molecular weight excluding hydrogens is 226 g/mol. The molecule has 1 unspecified atom stereocenters. The van der Waals surface area contributed by atoms with Crippen LogP contribution in [-0.4, -0.2) is 25.0 Å². The lowest BCUT2D eigenvalue weighted by molar-refractivity contribution is -0.118. The lowest BCUT2D eigenvalue weighted by atomic mass is 10.1. The summed E-state index contributed by atoms with van der Waals surface area (Å²) in [5.74, 6) is -0.285. The van der Waals surface area contributed by atoms with Gasteiger partial charge in [-0.1, -0.05) is 12.1 Å². The van der Waals surface area contributed by atoms with Crippen LogP contribution in [0.1, 0.15) is 6.92 Å². The third kappa shape index (κ3) is 2.22. The van der Waals surface area contributed by atoms with E-state index in [0.717, 1.165) is 24.5 Å². The summed E-state index contributed by atoms with van der Waals surface area (Å²) in [4.78, 5) is 13.2. The SMILES string of the molecule is CC(C(N)=O)N1CCNc2ccccc21.Cl. The van der Waals surface area contributed by atoms with Crippen LogP contribution in [0, 0.1) is 0 Å². The van der Waals surface area contributed by atoms with Gasteiger partial charge in [0.2, 0.25) is 5.91 Å². The largest absolute Gasteiger partial charge is 0.382 e. The summed E-state index contributed by atoms with van der Waals surface area (Å²) in [6, 6.07) is 7.70. The number of nitrogens with zero attached hydrogens (tertiary/aromatic N) is 1. The molecule has 1 aromatic carbocycles. The fourth-order valence-electron chi connectivity index (χ4n) is 1.86. The van der Waals surface area contributed by atoms with Gasteiger partial charge in [-0.25, -0.2) is 0 Å². The third-order valence-electron chi connectivity index (χ3n) is 2.76. The van der Waals surface area contributed by atoms with Gasteiger partial charge in [0.15, 0.2) is 0 Å². The van der Waals surface area contributed by atoms with E-state index in [1.807, 2.05) is 36.1 Å². The zero-order chi connectivity index (χ0) is 10.8. The van der Waals surface area contributed by atoms with Crippen LogP contribution in [0.5, 0.6) is 0 Å². The molecule has 1 aliphatic rings. The minimum atomic E-state index is -0.285. The van der Waals surface area contributed by atoms with Gasteiger partial charge in [-0.15, -0.1) is 12.4 Å². The van der Waals surface area contributed by atoms with Crippen molar-refractivity contribution >= 4 is 29.7 Å². The summed E-state index contributed by atoms with van der Waals surface area (Å²) in [5.41, 5.74) is 7.44. The molecule has 0 bridgehead atoms. The van der Waals surface area contributed by atoms with Crippen molar-refractivity contribution in [3.63, 3.8) is 0 Å². The van der Waals surface area contributed by atoms with Gasteiger partial charge in [-0.2, -0.15) is 0 Å². The summed E-state index contributed by atoms with van der Waals surface area (Å²) in [5, 5.41) is 3.29. The second kappa shape index (κ2) is 5.07. The monoisotopic (exact) mass is 241 g/mol. The number of carbonyl (C=O) groups is 1. The number of nitrogens with two attached hydrogens (primary N) is 1. The van der Waals surface area contributed by atoms with Crippen LogP contribution in [0.25, 0.3) is 0 Å². The molecular formula is C11H16ClN3O. The van der Waals surface area contributed by atoms with E-state index in [0.29, 0.717) is 0 Å². The molecule has 0 saturated carbocycles. The van der Waals surface area contributed by atoms with Crippen molar-refractivity contribution in [2.75, 3.05) is 23.3 Å². The first-order chi connectivity index (χ1) is 7.20. The molecule has 1 atom stereocenters. The Hall–Kier alpha value is -1.42. The number of benzene rings is 1. The Bertz CT molecular complexity index is 383. The molecule has 88 valence electrons. The number of primary amides is 1. The molecule has 1 amide bonds. The van der Waals surface area contributed by atoms with Gasteiger partial charge in [-0.05, 0) is 19.1 Å². The van der Waals surface area contributed by atoms with E-state index in [2.05, 4.69) is 5.32 Å². The zero-order valence-corrected chi connectivity index (χ0v) is 9.96. The summed E-state index contributed by atoms with van der Waals surface area (Å²) in [6.07, 6.45) is 0. The number of rotatable bonds is 2. The Labute approximate surface area is 101 Å². The maximum atomic E-state index is 11.2. The Morgan fingerprint density at radius 2 is 2.19 bits per heavy atom. The predicted octanol–water partition coefficient (Wildman–Crippen LogP) is 1.21. The van der Waals surface area contributed by atoms with Gasteiger partial charge in [0.1, 0.15) is 6.04 Å². The zero-order valence-electron chi connectivity index (χ0n) is 9.14. The summed E-state index contributed by atoms with van der Waals surface area (Å²) in [6.45, 7) is 3.49. The second-order valence-corrected chi connectivity index (χ2v) is 3.72. The molecule has 1 aromatic rings. The molecule has 3 N–H and O–H groups in total. The minimum absolute atomic E-state index is 0. The van der Waals surface area contributed by atoms with Gasteiger partial charge in [0.05, 0.1) is 11.4 Å². The summed E-state index contributed by atoms with van der Waals surface area (Å²) in [7, 11) is 0. The number of fused-ring (bicyclic) bond motifs is 1. The molecule has 1 heterocycles. The molecule has 2 rings (SSSR count). The summed E-state index contributed by atoms with van der Waals surface area (Å²) >= 11 is 0. The van der Waals surface area contributed by atoms with E-state index in [4.69, 9.17) is 5.73 Å². The van der Waals surface area contributed by atoms with Gasteiger partial charge in [0.25, 0.3) is 0 Å². The first kappa shape index (κ1) is 12.6. The molecule has 0 fully saturated rings. The molecule has 0 aromatic heterocycles. The molecule has 16 heavy (non-hydrogen) atoms. The first-order valence-electron chi connectivity index (χ1n) is 5.09. The normalized spacial score (nSPS) is 15.4. The average molecular weight is 242 g/mol. The molecule has 0 spiro atoms. The highest BCUT2D eigenvalue weighted by molar-refractivity contribution is 5.86. The van der Waals surface area contributed by atoms with E-state index in [-0.39, 0.29) is 24.4 Å². The van der Waals surface area contributed by atoms with Crippen LogP contribution < -0.4 is 16.0 Å². The van der Waals surface area contributed by atoms with E-state index in [1.165, 1.54) is 0 Å². The van der Waals surface area contributed by atoms with Crippen molar-refractivity contribution in [3.8, 4) is 0 Å². The Kier molecular flexibility index (Phi) is 4.01. The van der Waals surface area contributed by atoms with E-state index < -0.39 is 0 Å². The first-order valence-corrected chi connectivity index (χ1v) is 5.09. The van der Waals surface area contributed by atoms with Gasteiger partial charge in [0, 0.05) is 13.1 Å². The number of para-hydroxylation sites is 2. The van der Waals surface area contributed by atoms with Crippen molar-refractivity contribution < 1.29 is 4.79 Å². The van der Waals surface area contributed by atoms with Gasteiger partial charge < -0.3 is 16.0 Å². The number of hydrogen-bond donors (Lipinski definition) is 2. The second-order valence-electron chi connectivity index (χ2n) is 3.72. The maximum absolute atomic E-state index is 11.2. The summed E-state index contributed by atoms with van der Waals surface area (Å²) < 4.78 is 0. The van der Waals surface area contributed by atoms with Crippen molar-refractivity contribution in [2.24, 2.45) is 5.73 Å². The average Bonchev–Trinajstić information content (AvgIpc) is 2.27. The lowest BCUT2D eigenvalue weighted by Crippen LogP contribution is -2.47. The van der Waals surface area contributed by atoms with Gasteiger partial charge >= 0.3 is 0 Å². The Morgan fingerprint density at radius 1 is 1.50 bits per heavy atom. The fraction of sp³-hybridized carbons (Fsp3) is 0.364. The number of hydrogen-bond acceptors (Lipinski definition) is 3. The standard InChI is InChI=1S/C11H15N3O.ClH/c1-8(11(12)15)14-7-6-13-9-4-2-3-5-10(9)14;/h2-5,8,13H,6-7H2,1H3,(H2,12,15);1H. The Balaban J connectivity index is 0.00000128. The molecule has 0 radical (unpaired) electrons. The van der Waals surface area contributed by atoms with Crippen LogP contribution in [-0.2, 0) is 4.79 Å². The topological polar surface area (TPSA) is 58.4 Å². The molecule has 0 saturated heterocycles. The van der Waals surface area contributed by atoms with E-state index in [9.17, 15) is 4.79 Å². The van der Waals surface area contributed by atoms with Crippen LogP contribution >= 0.6 is 12.4 Å². The van der Waals surface area contributed by atoms with Crippen LogP contribution in [0.4, 0.5) is 11.4 Å². The molecule has 1 aliphatic heterocycles. The van der Waals surface area contributed by atoms with E-state index >= 15 is 0 Å². The highest BCUT2D eigenvalue weighted by atomic mass is 35.5. The highest BCUT2D eigenvalue weighted by Crippen LogP contribution is 2.29. The minimum Gasteiger partial charge on any atom is -0.382 e. The Morgan fingerprint density at radius 3 is 2.88 bits per heavy atom. The number of amides is 1. The fourth-order valence-corrected chi connectivity index (χ4v) is 1.86. The van der Waals surface area contributed by atoms with E-state index in [1.54, 1.807) is 0 Å². The highest BCUT2D eigenvalue weighted by Gasteiger charge is 2.23. The number of halogens is 1. The number of nitrogens with one attached hydrogen (secondary N) is 1. The quantitative estimate of drug-likeness (QED) is 0.819. The van der Waals surface area contributed by atoms with Crippen molar-refractivity contribution in [2.45, 2.75) is 13.0 Å². The number of carbonyl (C=O) groups excluding carboxylic acids is 1. The van der Waals surface area contributed by atoms with Gasteiger partial charge in [-0.3, -0.25) is 4.79 Å².